The minimum atomic E-state index is -0.0869. The van der Waals surface area contributed by atoms with E-state index in [0.717, 1.165) is 16.5 Å². The Balaban J connectivity index is 2.41. The number of nitrogens with two attached hydrogens (primary N) is 1. The lowest BCUT2D eigenvalue weighted by atomic mass is 10.3. The molecule has 1 atom stereocenters. The van der Waals surface area contributed by atoms with E-state index in [9.17, 15) is 0 Å². The minimum Gasteiger partial charge on any atom is -0.383 e. The Morgan fingerprint density at radius 1 is 1.67 bits per heavy atom. The number of ether oxygens (including phenoxy) is 1. The number of nitrogens with zero attached hydrogens (tertiary/aromatic N) is 1. The van der Waals surface area contributed by atoms with Gasteiger partial charge in [0.2, 0.25) is 0 Å². The van der Waals surface area contributed by atoms with Gasteiger partial charge in [0.15, 0.2) is 0 Å². The van der Waals surface area contributed by atoms with Crippen molar-refractivity contribution in [2.24, 2.45) is 5.73 Å². The van der Waals surface area contributed by atoms with Gasteiger partial charge in [0.05, 0.1) is 18.3 Å². The van der Waals surface area contributed by atoms with E-state index in [1.54, 1.807) is 18.4 Å². The van der Waals surface area contributed by atoms with E-state index in [2.05, 4.69) is 11.9 Å². The van der Waals surface area contributed by atoms with Crippen LogP contribution in [0.1, 0.15) is 30.1 Å². The van der Waals surface area contributed by atoms with Gasteiger partial charge in [-0.1, -0.05) is 6.92 Å². The quantitative estimate of drug-likeness (QED) is 0.751. The topological polar surface area (TPSA) is 48.1 Å². The van der Waals surface area contributed by atoms with Crippen LogP contribution >= 0.6 is 23.1 Å². The van der Waals surface area contributed by atoms with E-state index in [4.69, 9.17) is 10.5 Å². The maximum atomic E-state index is 5.89. The van der Waals surface area contributed by atoms with Crippen LogP contribution in [0.5, 0.6) is 0 Å². The lowest BCUT2D eigenvalue weighted by Crippen LogP contribution is -2.16. The summed E-state index contributed by atoms with van der Waals surface area (Å²) >= 11 is 3.61. The number of hydrogen-bond donors (Lipinski definition) is 1. The second-order valence-electron chi connectivity index (χ2n) is 3.28. The van der Waals surface area contributed by atoms with Crippen molar-refractivity contribution < 1.29 is 4.74 Å². The highest BCUT2D eigenvalue weighted by Gasteiger charge is 2.09. The number of thioether (sulfide) groups is 1. The van der Waals surface area contributed by atoms with Crippen molar-refractivity contribution in [1.82, 2.24) is 4.98 Å². The molecule has 0 aliphatic carbocycles. The Bertz CT molecular complexity index is 278. The van der Waals surface area contributed by atoms with Crippen LogP contribution in [-0.4, -0.2) is 24.5 Å². The molecule has 0 saturated carbocycles. The summed E-state index contributed by atoms with van der Waals surface area (Å²) in [6.07, 6.45) is 1.21. The highest BCUT2D eigenvalue weighted by molar-refractivity contribution is 7.98. The lowest BCUT2D eigenvalue weighted by molar-refractivity contribution is 0.180. The number of rotatable bonds is 7. The van der Waals surface area contributed by atoms with Crippen molar-refractivity contribution in [2.45, 2.75) is 25.1 Å². The first-order valence-electron chi connectivity index (χ1n) is 5.04. The molecule has 1 rings (SSSR count). The fourth-order valence-corrected chi connectivity index (χ4v) is 2.97. The summed E-state index contributed by atoms with van der Waals surface area (Å²) in [6.45, 7) is 2.72. The van der Waals surface area contributed by atoms with Crippen molar-refractivity contribution in [3.05, 3.63) is 16.1 Å². The van der Waals surface area contributed by atoms with Crippen LogP contribution < -0.4 is 5.73 Å². The summed E-state index contributed by atoms with van der Waals surface area (Å²) in [5.74, 6) is 2.19. The Morgan fingerprint density at radius 2 is 2.47 bits per heavy atom. The summed E-state index contributed by atoms with van der Waals surface area (Å²) in [5, 5.41) is 3.20. The van der Waals surface area contributed by atoms with Gasteiger partial charge in [-0.25, -0.2) is 4.98 Å². The van der Waals surface area contributed by atoms with Gasteiger partial charge in [0.1, 0.15) is 5.01 Å². The zero-order valence-corrected chi connectivity index (χ0v) is 10.9. The molecule has 3 nitrogen and oxygen atoms in total. The maximum Gasteiger partial charge on any atom is 0.103 e. The Morgan fingerprint density at radius 3 is 3.13 bits per heavy atom. The first-order chi connectivity index (χ1) is 7.27. The summed E-state index contributed by atoms with van der Waals surface area (Å²) in [5.41, 5.74) is 6.84. The zero-order valence-electron chi connectivity index (χ0n) is 9.23. The van der Waals surface area contributed by atoms with Crippen molar-refractivity contribution >= 4 is 23.1 Å². The second-order valence-corrected chi connectivity index (χ2v) is 5.33. The van der Waals surface area contributed by atoms with Crippen LogP contribution in [0.3, 0.4) is 0 Å². The standard InChI is InChI=1S/C10H18N2OS2/c1-3-4-14-7-10-12-9(6-15-10)8(11)5-13-2/h6,8H,3-5,7,11H2,1-2H3. The molecule has 0 saturated heterocycles. The second kappa shape index (κ2) is 7.22. The summed E-state index contributed by atoms with van der Waals surface area (Å²) in [6, 6.07) is -0.0869. The monoisotopic (exact) mass is 246 g/mol. The molecular weight excluding hydrogens is 228 g/mol. The number of aromatic nitrogens is 1. The average Bonchev–Trinajstić information content (AvgIpc) is 2.67. The van der Waals surface area contributed by atoms with Gasteiger partial charge in [0.25, 0.3) is 0 Å². The van der Waals surface area contributed by atoms with Crippen molar-refractivity contribution in [3.8, 4) is 0 Å². The molecule has 0 spiro atoms. The van der Waals surface area contributed by atoms with Gasteiger partial charge in [-0.15, -0.1) is 11.3 Å². The van der Waals surface area contributed by atoms with Gasteiger partial charge in [-0.2, -0.15) is 11.8 Å². The largest absolute Gasteiger partial charge is 0.383 e. The van der Waals surface area contributed by atoms with Crippen molar-refractivity contribution in [2.75, 3.05) is 19.5 Å². The molecule has 15 heavy (non-hydrogen) atoms. The van der Waals surface area contributed by atoms with E-state index >= 15 is 0 Å². The molecule has 0 amide bonds. The maximum absolute atomic E-state index is 5.89. The fraction of sp³-hybridized carbons (Fsp3) is 0.700. The molecule has 0 aromatic carbocycles. The van der Waals surface area contributed by atoms with Crippen LogP contribution in [0.15, 0.2) is 5.38 Å². The zero-order chi connectivity index (χ0) is 11.1. The minimum absolute atomic E-state index is 0.0869. The SMILES string of the molecule is CCCSCc1nc(C(N)COC)cs1. The van der Waals surface area contributed by atoms with Gasteiger partial charge in [-0.3, -0.25) is 0 Å². The third kappa shape index (κ3) is 4.51. The van der Waals surface area contributed by atoms with Crippen LogP contribution in [0.2, 0.25) is 0 Å². The third-order valence-electron chi connectivity index (χ3n) is 1.87. The molecule has 2 N–H and O–H groups in total. The molecule has 0 aliphatic rings. The third-order valence-corrected chi connectivity index (χ3v) is 4.09. The first kappa shape index (κ1) is 13.0. The predicted molar refractivity (Wildman–Crippen MR) is 67.4 cm³/mol. The Labute approximate surface area is 99.4 Å². The molecule has 1 unspecified atom stereocenters. The number of thiazole rings is 1. The van der Waals surface area contributed by atoms with E-state index in [1.807, 2.05) is 17.1 Å². The van der Waals surface area contributed by atoms with Crippen LogP contribution in [-0.2, 0) is 10.5 Å². The molecule has 1 aromatic rings. The molecule has 0 fully saturated rings. The molecule has 86 valence electrons. The van der Waals surface area contributed by atoms with E-state index in [-0.39, 0.29) is 6.04 Å². The summed E-state index contributed by atoms with van der Waals surface area (Å²) < 4.78 is 5.00. The smallest absolute Gasteiger partial charge is 0.103 e. The Kier molecular flexibility index (Phi) is 6.24. The predicted octanol–water partition coefficient (Wildman–Crippen LogP) is 2.43. The van der Waals surface area contributed by atoms with Crippen molar-refractivity contribution in [1.29, 1.82) is 0 Å². The van der Waals surface area contributed by atoms with E-state index in [0.29, 0.717) is 6.61 Å². The van der Waals surface area contributed by atoms with Gasteiger partial charge < -0.3 is 10.5 Å². The molecule has 1 heterocycles. The first-order valence-corrected chi connectivity index (χ1v) is 7.08. The molecular formula is C10H18N2OS2. The highest BCUT2D eigenvalue weighted by Crippen LogP contribution is 2.20. The molecule has 0 radical (unpaired) electrons. The summed E-state index contributed by atoms with van der Waals surface area (Å²) in [7, 11) is 1.66. The molecule has 1 aromatic heterocycles. The van der Waals surface area contributed by atoms with Gasteiger partial charge in [0, 0.05) is 18.2 Å². The molecule has 5 heteroatoms. The molecule has 0 aliphatic heterocycles. The van der Waals surface area contributed by atoms with Crippen LogP contribution in [0.25, 0.3) is 0 Å². The summed E-state index contributed by atoms with van der Waals surface area (Å²) in [4.78, 5) is 4.49. The Hall–Kier alpha value is -0.100. The fourth-order valence-electron chi connectivity index (χ4n) is 1.13. The normalized spacial score (nSPS) is 13.0. The van der Waals surface area contributed by atoms with Crippen LogP contribution in [0.4, 0.5) is 0 Å². The van der Waals surface area contributed by atoms with Crippen molar-refractivity contribution in [3.63, 3.8) is 0 Å². The van der Waals surface area contributed by atoms with Gasteiger partial charge in [-0.05, 0) is 12.2 Å². The number of methoxy groups -OCH3 is 1. The lowest BCUT2D eigenvalue weighted by Gasteiger charge is -2.05. The number of hydrogen-bond acceptors (Lipinski definition) is 5. The van der Waals surface area contributed by atoms with E-state index in [1.165, 1.54) is 12.2 Å². The average molecular weight is 246 g/mol. The van der Waals surface area contributed by atoms with Crippen LogP contribution in [0, 0.1) is 0 Å². The highest BCUT2D eigenvalue weighted by atomic mass is 32.2. The van der Waals surface area contributed by atoms with E-state index < -0.39 is 0 Å². The van der Waals surface area contributed by atoms with Gasteiger partial charge >= 0.3 is 0 Å². The molecule has 0 bridgehead atoms.